The fourth-order valence-electron chi connectivity index (χ4n) is 3.00. The highest BCUT2D eigenvalue weighted by Gasteiger charge is 2.20. The molecule has 130 valence electrons. The molecule has 0 aliphatic rings. The van der Waals surface area contributed by atoms with Gasteiger partial charge in [0.2, 0.25) is 5.69 Å². The zero-order valence-corrected chi connectivity index (χ0v) is 16.9. The highest BCUT2D eigenvalue weighted by atomic mass is 32.1. The Morgan fingerprint density at radius 3 is 2.04 bits per heavy atom. The molecule has 2 heteroatoms. The summed E-state index contributed by atoms with van der Waals surface area (Å²) in [5, 5.41) is 3.98. The molecule has 0 saturated carbocycles. The number of fused-ring (bicyclic) bond motifs is 2. The average Bonchev–Trinajstić information content (AvgIpc) is 3.01. The van der Waals surface area contributed by atoms with Crippen molar-refractivity contribution >= 4 is 32.2 Å². The number of aryl methyl sites for hydroxylation is 2. The number of hydrogen-bond acceptors (Lipinski definition) is 1. The summed E-state index contributed by atoms with van der Waals surface area (Å²) >= 11 is 1.89. The molecule has 0 unspecified atom stereocenters. The Labute approximate surface area is 155 Å². The second-order valence-electron chi connectivity index (χ2n) is 5.41. The Morgan fingerprint density at radius 1 is 0.760 bits per heavy atom. The van der Waals surface area contributed by atoms with E-state index in [2.05, 4.69) is 79.3 Å². The minimum atomic E-state index is 1.29. The van der Waals surface area contributed by atoms with Crippen molar-refractivity contribution in [2.45, 2.75) is 34.6 Å². The van der Waals surface area contributed by atoms with Crippen molar-refractivity contribution in [3.8, 4) is 10.6 Å². The van der Waals surface area contributed by atoms with E-state index in [-0.39, 0.29) is 0 Å². The molecule has 0 radical (unpaired) electrons. The van der Waals surface area contributed by atoms with Crippen LogP contribution >= 0.6 is 11.3 Å². The Hall–Kier alpha value is -2.19. The summed E-state index contributed by atoms with van der Waals surface area (Å²) in [5.74, 6) is 0. The number of thiophene rings is 1. The molecule has 0 aliphatic heterocycles. The van der Waals surface area contributed by atoms with Crippen LogP contribution in [-0.4, -0.2) is 0 Å². The van der Waals surface area contributed by atoms with Crippen molar-refractivity contribution < 1.29 is 4.57 Å². The van der Waals surface area contributed by atoms with Gasteiger partial charge in [-0.1, -0.05) is 64.1 Å². The van der Waals surface area contributed by atoms with Gasteiger partial charge in [-0.2, -0.15) is 4.57 Å². The van der Waals surface area contributed by atoms with Crippen molar-refractivity contribution in [3.63, 3.8) is 0 Å². The van der Waals surface area contributed by atoms with Gasteiger partial charge in [0, 0.05) is 10.8 Å². The smallest absolute Gasteiger partial charge is 0.200 e. The first-order valence-corrected chi connectivity index (χ1v) is 9.93. The first-order valence-electron chi connectivity index (χ1n) is 9.11. The molecule has 2 aromatic heterocycles. The van der Waals surface area contributed by atoms with Crippen LogP contribution < -0.4 is 4.57 Å². The highest BCUT2D eigenvalue weighted by molar-refractivity contribution is 7.22. The molecule has 4 rings (SSSR count). The molecule has 0 fully saturated rings. The van der Waals surface area contributed by atoms with Crippen molar-refractivity contribution in [1.82, 2.24) is 0 Å². The van der Waals surface area contributed by atoms with Gasteiger partial charge in [-0.25, -0.2) is 0 Å². The molecule has 25 heavy (non-hydrogen) atoms. The maximum Gasteiger partial charge on any atom is 0.230 e. The van der Waals surface area contributed by atoms with E-state index >= 15 is 0 Å². The molecule has 0 spiro atoms. The lowest BCUT2D eigenvalue weighted by Gasteiger charge is -2.04. The Kier molecular flexibility index (Phi) is 6.72. The predicted molar refractivity (Wildman–Crippen MR) is 113 cm³/mol. The van der Waals surface area contributed by atoms with E-state index in [4.69, 9.17) is 0 Å². The highest BCUT2D eigenvalue weighted by Crippen LogP contribution is 2.38. The molecule has 4 aromatic rings. The van der Waals surface area contributed by atoms with Crippen molar-refractivity contribution in [2.75, 3.05) is 0 Å². The third kappa shape index (κ3) is 3.59. The second-order valence-corrected chi connectivity index (χ2v) is 6.47. The maximum absolute atomic E-state index is 2.24. The van der Waals surface area contributed by atoms with Crippen LogP contribution in [0.2, 0.25) is 0 Å². The van der Waals surface area contributed by atoms with Crippen LogP contribution in [0.25, 0.3) is 31.4 Å². The van der Waals surface area contributed by atoms with E-state index in [1.807, 2.05) is 39.0 Å². The quantitative estimate of drug-likeness (QED) is 0.328. The molecule has 0 aliphatic carbocycles. The van der Waals surface area contributed by atoms with Crippen LogP contribution in [0, 0.1) is 6.92 Å². The summed E-state index contributed by atoms with van der Waals surface area (Å²) in [6, 6.07) is 19.5. The van der Waals surface area contributed by atoms with Gasteiger partial charge in [-0.05, 0) is 35.4 Å². The summed E-state index contributed by atoms with van der Waals surface area (Å²) < 4.78 is 3.60. The Morgan fingerprint density at radius 2 is 1.36 bits per heavy atom. The van der Waals surface area contributed by atoms with Crippen LogP contribution in [0.1, 0.15) is 33.3 Å². The number of hydrogen-bond donors (Lipinski definition) is 0. The third-order valence-corrected chi connectivity index (χ3v) is 5.38. The zero-order valence-electron chi connectivity index (χ0n) is 16.1. The number of aromatic nitrogens is 1. The summed E-state index contributed by atoms with van der Waals surface area (Å²) in [6.07, 6.45) is 2.15. The molecule has 0 bridgehead atoms. The minimum Gasteiger partial charge on any atom is -0.200 e. The number of benzene rings is 2. The van der Waals surface area contributed by atoms with Crippen LogP contribution in [0.4, 0.5) is 0 Å². The summed E-state index contributed by atoms with van der Waals surface area (Å²) in [5.41, 5.74) is 2.69. The molecule has 2 heterocycles. The summed E-state index contributed by atoms with van der Waals surface area (Å²) in [7, 11) is 2.13. The van der Waals surface area contributed by atoms with Gasteiger partial charge in [0.05, 0.1) is 5.39 Å². The molecule has 0 amide bonds. The number of nitrogens with zero attached hydrogens (tertiary/aromatic N) is 1. The molecule has 0 atom stereocenters. The van der Waals surface area contributed by atoms with Gasteiger partial charge >= 0.3 is 0 Å². The van der Waals surface area contributed by atoms with Gasteiger partial charge in [0.1, 0.15) is 11.9 Å². The molecule has 0 N–H and O–H groups in total. The number of pyridine rings is 1. The Bertz CT molecular complexity index is 966. The van der Waals surface area contributed by atoms with Gasteiger partial charge in [0.25, 0.3) is 0 Å². The summed E-state index contributed by atoms with van der Waals surface area (Å²) in [4.78, 5) is 1.37. The van der Waals surface area contributed by atoms with E-state index < -0.39 is 0 Å². The van der Waals surface area contributed by atoms with E-state index in [1.165, 1.54) is 37.0 Å². The van der Waals surface area contributed by atoms with Gasteiger partial charge in [-0.15, -0.1) is 11.3 Å². The third-order valence-electron chi connectivity index (χ3n) is 4.11. The first kappa shape index (κ1) is 19.1. The lowest BCUT2D eigenvalue weighted by atomic mass is 10.1. The van der Waals surface area contributed by atoms with Crippen LogP contribution in [0.15, 0.2) is 60.8 Å². The van der Waals surface area contributed by atoms with E-state index in [0.29, 0.717) is 0 Å². The van der Waals surface area contributed by atoms with Crippen LogP contribution in [-0.2, 0) is 7.05 Å². The average molecular weight is 351 g/mol. The number of rotatable bonds is 1. The van der Waals surface area contributed by atoms with Crippen LogP contribution in [0.3, 0.4) is 0 Å². The van der Waals surface area contributed by atoms with E-state index in [0.717, 1.165) is 0 Å². The fraction of sp³-hybridized carbons (Fsp3) is 0.261. The fourth-order valence-corrected chi connectivity index (χ4v) is 4.31. The molecular formula is C23H28NS+. The first-order chi connectivity index (χ1) is 12.3. The van der Waals surface area contributed by atoms with Gasteiger partial charge in [0.15, 0.2) is 6.20 Å². The zero-order chi connectivity index (χ0) is 18.4. The topological polar surface area (TPSA) is 3.88 Å². The van der Waals surface area contributed by atoms with E-state index in [1.54, 1.807) is 0 Å². The van der Waals surface area contributed by atoms with Crippen molar-refractivity contribution in [2.24, 2.45) is 7.05 Å². The Balaban J connectivity index is 0.000000528. The maximum atomic E-state index is 2.24. The largest absolute Gasteiger partial charge is 0.230 e. The minimum absolute atomic E-state index is 1.29. The molecule has 2 aromatic carbocycles. The van der Waals surface area contributed by atoms with E-state index in [9.17, 15) is 0 Å². The van der Waals surface area contributed by atoms with Gasteiger partial charge in [-0.3, -0.25) is 0 Å². The predicted octanol–water partition coefficient (Wildman–Crippen LogP) is 6.91. The van der Waals surface area contributed by atoms with Crippen LogP contribution in [0.5, 0.6) is 0 Å². The monoisotopic (exact) mass is 350 g/mol. The van der Waals surface area contributed by atoms with Crippen molar-refractivity contribution in [1.29, 1.82) is 0 Å². The molecule has 0 saturated heterocycles. The summed E-state index contributed by atoms with van der Waals surface area (Å²) in [6.45, 7) is 10.2. The lowest BCUT2D eigenvalue weighted by molar-refractivity contribution is -0.659. The second kappa shape index (κ2) is 8.77. The SMILES string of the molecule is CC.CC.Cc1c(-c2c3ccccc3cc[n+]2C)sc2ccccc12. The normalized spacial score (nSPS) is 10.0. The lowest BCUT2D eigenvalue weighted by Crippen LogP contribution is -2.30. The molecule has 1 nitrogen and oxygen atoms in total. The van der Waals surface area contributed by atoms with Gasteiger partial charge < -0.3 is 0 Å². The molecular weight excluding hydrogens is 322 g/mol. The van der Waals surface area contributed by atoms with Crippen molar-refractivity contribution in [3.05, 3.63) is 66.4 Å². The standard InChI is InChI=1S/C19H16NS.2C2H6/c1-13-15-8-5-6-10-17(15)21-19(13)18-16-9-4-3-7-14(16)11-12-20(18)2;2*1-2/h3-12H,1-2H3;2*1-2H3/q+1;;.